The third-order valence-electron chi connectivity index (χ3n) is 7.07. The quantitative estimate of drug-likeness (QED) is 0.560. The lowest BCUT2D eigenvalue weighted by molar-refractivity contribution is -0.149. The maximum atomic E-state index is 12.9. The van der Waals surface area contributed by atoms with Gasteiger partial charge in [-0.25, -0.2) is 4.79 Å². The van der Waals surface area contributed by atoms with E-state index in [1.165, 1.54) is 4.90 Å². The van der Waals surface area contributed by atoms with Gasteiger partial charge in [0.1, 0.15) is 12.6 Å². The summed E-state index contributed by atoms with van der Waals surface area (Å²) in [7, 11) is 0. The molecule has 182 valence electrons. The number of nitrogens with one attached hydrogen (secondary N) is 2. The third-order valence-corrected chi connectivity index (χ3v) is 7.07. The van der Waals surface area contributed by atoms with Gasteiger partial charge in [-0.2, -0.15) is 0 Å². The lowest BCUT2D eigenvalue weighted by Gasteiger charge is -2.34. The first-order valence-electron chi connectivity index (χ1n) is 11.8. The molecule has 1 saturated heterocycles. The number of rotatable bonds is 7. The first-order chi connectivity index (χ1) is 16.9. The fourth-order valence-corrected chi connectivity index (χ4v) is 5.20. The smallest absolute Gasteiger partial charge is 0.407 e. The number of ether oxygens (including phenoxy) is 1. The van der Waals surface area contributed by atoms with Gasteiger partial charge >= 0.3 is 12.1 Å². The number of amides is 3. The van der Waals surface area contributed by atoms with Crippen molar-refractivity contribution in [2.24, 2.45) is 11.8 Å². The molecule has 9 heteroatoms. The van der Waals surface area contributed by atoms with Gasteiger partial charge in [0.15, 0.2) is 0 Å². The zero-order valence-corrected chi connectivity index (χ0v) is 19.1. The molecule has 1 heterocycles. The first-order valence-corrected chi connectivity index (χ1v) is 11.8. The van der Waals surface area contributed by atoms with E-state index in [0.29, 0.717) is 13.0 Å². The number of aliphatic carboxylic acids is 1. The van der Waals surface area contributed by atoms with Crippen LogP contribution >= 0.6 is 0 Å². The van der Waals surface area contributed by atoms with Crippen LogP contribution in [0.15, 0.2) is 48.5 Å². The van der Waals surface area contributed by atoms with Crippen LogP contribution in [0.5, 0.6) is 0 Å². The van der Waals surface area contributed by atoms with Crippen molar-refractivity contribution in [1.82, 2.24) is 15.5 Å². The van der Waals surface area contributed by atoms with Crippen LogP contribution in [0.1, 0.15) is 29.9 Å². The van der Waals surface area contributed by atoms with Crippen molar-refractivity contribution in [3.8, 4) is 11.1 Å². The number of carboxylic acids is 1. The Balaban J connectivity index is 1.12. The van der Waals surface area contributed by atoms with E-state index in [9.17, 15) is 19.2 Å². The summed E-state index contributed by atoms with van der Waals surface area (Å²) in [6.45, 7) is 1.09. The molecule has 2 aromatic carbocycles. The van der Waals surface area contributed by atoms with Crippen molar-refractivity contribution < 1.29 is 29.0 Å². The summed E-state index contributed by atoms with van der Waals surface area (Å²) in [6.07, 6.45) is -0.376. The van der Waals surface area contributed by atoms with Crippen LogP contribution < -0.4 is 10.6 Å². The third kappa shape index (κ3) is 4.58. The summed E-state index contributed by atoms with van der Waals surface area (Å²) in [5, 5.41) is 14.5. The minimum Gasteiger partial charge on any atom is -0.481 e. The number of hydrogen-bond acceptors (Lipinski definition) is 5. The highest BCUT2D eigenvalue weighted by Crippen LogP contribution is 2.44. The van der Waals surface area contributed by atoms with Crippen molar-refractivity contribution in [2.75, 3.05) is 26.2 Å². The fourth-order valence-electron chi connectivity index (χ4n) is 5.20. The van der Waals surface area contributed by atoms with E-state index in [-0.39, 0.29) is 43.4 Å². The summed E-state index contributed by atoms with van der Waals surface area (Å²) in [4.78, 5) is 49.9. The van der Waals surface area contributed by atoms with E-state index in [4.69, 9.17) is 9.84 Å². The number of fused-ring (bicyclic) bond motifs is 3. The van der Waals surface area contributed by atoms with Crippen LogP contribution in [0, 0.1) is 11.8 Å². The molecule has 1 unspecified atom stereocenters. The molecule has 35 heavy (non-hydrogen) atoms. The Morgan fingerprint density at radius 2 is 1.71 bits per heavy atom. The van der Waals surface area contributed by atoms with Crippen LogP contribution in [0.2, 0.25) is 0 Å². The van der Waals surface area contributed by atoms with Crippen LogP contribution in [-0.4, -0.2) is 66.2 Å². The molecular formula is C26H27N3O6. The van der Waals surface area contributed by atoms with E-state index < -0.39 is 30.4 Å². The van der Waals surface area contributed by atoms with Crippen LogP contribution in [-0.2, 0) is 19.1 Å². The summed E-state index contributed by atoms with van der Waals surface area (Å²) >= 11 is 0. The molecule has 3 atom stereocenters. The molecule has 5 rings (SSSR count). The predicted octanol–water partition coefficient (Wildman–Crippen LogP) is 1.96. The Labute approximate surface area is 202 Å². The van der Waals surface area contributed by atoms with Gasteiger partial charge in [-0.15, -0.1) is 0 Å². The largest absolute Gasteiger partial charge is 0.481 e. The van der Waals surface area contributed by atoms with Crippen LogP contribution in [0.25, 0.3) is 11.1 Å². The molecule has 3 amide bonds. The number of carbonyl (C=O) groups excluding carboxylic acids is 3. The first kappa shape index (κ1) is 22.9. The van der Waals surface area contributed by atoms with E-state index >= 15 is 0 Å². The molecular weight excluding hydrogens is 450 g/mol. The molecule has 2 aromatic rings. The van der Waals surface area contributed by atoms with Crippen LogP contribution in [0.4, 0.5) is 4.79 Å². The molecule has 9 nitrogen and oxygen atoms in total. The molecule has 2 fully saturated rings. The van der Waals surface area contributed by atoms with Crippen molar-refractivity contribution in [1.29, 1.82) is 0 Å². The minimum absolute atomic E-state index is 0.0279. The van der Waals surface area contributed by atoms with Gasteiger partial charge in [-0.1, -0.05) is 48.5 Å². The second-order valence-corrected chi connectivity index (χ2v) is 9.25. The van der Waals surface area contributed by atoms with E-state index in [1.807, 2.05) is 24.3 Å². The van der Waals surface area contributed by atoms with E-state index in [0.717, 1.165) is 22.3 Å². The lowest BCUT2D eigenvalue weighted by atomic mass is 9.98. The summed E-state index contributed by atoms with van der Waals surface area (Å²) in [5.74, 6) is -2.22. The zero-order chi connectivity index (χ0) is 24.5. The molecule has 1 aliphatic heterocycles. The fraction of sp³-hybridized carbons (Fsp3) is 0.385. The number of nitrogens with zero attached hydrogens (tertiary/aromatic N) is 1. The summed E-state index contributed by atoms with van der Waals surface area (Å²) in [5.41, 5.74) is 4.58. The molecule has 3 N–H and O–H groups in total. The number of benzene rings is 2. The summed E-state index contributed by atoms with van der Waals surface area (Å²) in [6, 6.07) is 15.2. The van der Waals surface area contributed by atoms with Crippen LogP contribution in [0.3, 0.4) is 0 Å². The highest BCUT2D eigenvalue weighted by molar-refractivity contribution is 5.93. The Kier molecular flexibility index (Phi) is 6.15. The highest BCUT2D eigenvalue weighted by atomic mass is 16.5. The second-order valence-electron chi connectivity index (χ2n) is 9.25. The number of piperazine rings is 1. The van der Waals surface area contributed by atoms with E-state index in [1.54, 1.807) is 0 Å². The average molecular weight is 478 g/mol. The monoisotopic (exact) mass is 477 g/mol. The maximum Gasteiger partial charge on any atom is 0.407 e. The minimum atomic E-state index is -1.13. The highest BCUT2D eigenvalue weighted by Gasteiger charge is 2.48. The number of carboxylic acid groups (broad SMARTS) is 1. The van der Waals surface area contributed by atoms with Gasteiger partial charge in [0.05, 0.1) is 6.42 Å². The van der Waals surface area contributed by atoms with Crippen molar-refractivity contribution in [3.63, 3.8) is 0 Å². The van der Waals surface area contributed by atoms with Gasteiger partial charge in [0, 0.05) is 31.5 Å². The topological polar surface area (TPSA) is 125 Å². The average Bonchev–Trinajstić information content (AvgIpc) is 3.57. The van der Waals surface area contributed by atoms with Gasteiger partial charge in [-0.3, -0.25) is 14.4 Å². The molecule has 3 aliphatic rings. The SMILES string of the molecule is O=C(O)CC1C(=O)NCCN1C(=O)[C@@H]1C[C@@H]1CNC(=O)OCC1c2ccccc2-c2ccccc21. The molecule has 0 bridgehead atoms. The summed E-state index contributed by atoms with van der Waals surface area (Å²) < 4.78 is 5.54. The lowest BCUT2D eigenvalue weighted by Crippen LogP contribution is -2.58. The maximum absolute atomic E-state index is 12.9. The number of hydrogen-bond donors (Lipinski definition) is 3. The van der Waals surface area contributed by atoms with Crippen molar-refractivity contribution >= 4 is 23.9 Å². The number of alkyl carbamates (subject to hydrolysis) is 1. The Morgan fingerprint density at radius 1 is 1.06 bits per heavy atom. The second kappa shape index (κ2) is 9.40. The van der Waals surface area contributed by atoms with Gasteiger partial charge in [-0.05, 0) is 34.6 Å². The Bertz CT molecular complexity index is 1140. The number of carbonyl (C=O) groups is 4. The van der Waals surface area contributed by atoms with Gasteiger partial charge in [0.2, 0.25) is 11.8 Å². The molecule has 0 radical (unpaired) electrons. The standard InChI is InChI=1S/C26H27N3O6/c30-23(31)12-22-24(32)27-9-10-29(22)25(33)20-11-15(20)13-28-26(34)35-14-21-18-7-3-1-5-16(18)17-6-2-4-8-19(17)21/h1-8,15,20-22H,9-14H2,(H,27,32)(H,28,34)(H,30,31)/t15-,20-,22?/m1/s1. The Hall–Kier alpha value is -3.88. The normalized spacial score (nSPS) is 22.6. The van der Waals surface area contributed by atoms with E-state index in [2.05, 4.69) is 34.9 Å². The molecule has 2 aliphatic carbocycles. The predicted molar refractivity (Wildman–Crippen MR) is 125 cm³/mol. The van der Waals surface area contributed by atoms with Crippen molar-refractivity contribution in [3.05, 3.63) is 59.7 Å². The van der Waals surface area contributed by atoms with Crippen molar-refractivity contribution in [2.45, 2.75) is 24.8 Å². The zero-order valence-electron chi connectivity index (χ0n) is 19.1. The van der Waals surface area contributed by atoms with Gasteiger partial charge in [0.25, 0.3) is 0 Å². The molecule has 1 saturated carbocycles. The van der Waals surface area contributed by atoms with Gasteiger partial charge < -0.3 is 25.4 Å². The molecule has 0 aromatic heterocycles. The molecule has 0 spiro atoms. The Morgan fingerprint density at radius 3 is 2.37 bits per heavy atom.